The van der Waals surface area contributed by atoms with Crippen LogP contribution in [0.3, 0.4) is 0 Å². The Bertz CT molecular complexity index is 781. The summed E-state index contributed by atoms with van der Waals surface area (Å²) in [7, 11) is 0. The van der Waals surface area contributed by atoms with E-state index in [2.05, 4.69) is 0 Å². The molecule has 2 aromatic carbocycles. The van der Waals surface area contributed by atoms with Crippen LogP contribution in [0, 0.1) is 0 Å². The van der Waals surface area contributed by atoms with E-state index in [1.54, 1.807) is 17.0 Å². The fourth-order valence-electron chi connectivity index (χ4n) is 2.99. The van der Waals surface area contributed by atoms with Crippen molar-refractivity contribution in [3.8, 4) is 11.1 Å². The summed E-state index contributed by atoms with van der Waals surface area (Å²) >= 11 is 0. The zero-order valence-electron chi connectivity index (χ0n) is 14.2. The molecule has 1 aliphatic heterocycles. The average Bonchev–Trinajstić information content (AvgIpc) is 2.73. The molecule has 1 heterocycles. The minimum absolute atomic E-state index is 0.0901. The monoisotopic (exact) mass is 352 g/mol. The Hall–Kier alpha value is -2.99. The van der Waals surface area contributed by atoms with Gasteiger partial charge in [-0.05, 0) is 23.3 Å². The molecule has 2 amide bonds. The lowest BCUT2D eigenvalue weighted by Gasteiger charge is -2.35. The van der Waals surface area contributed by atoms with Gasteiger partial charge in [-0.3, -0.25) is 14.4 Å². The molecule has 1 N–H and O–H groups in total. The number of hydrogen-bond donors (Lipinski definition) is 1. The molecule has 0 aliphatic carbocycles. The van der Waals surface area contributed by atoms with Gasteiger partial charge in [0.05, 0.1) is 0 Å². The average molecular weight is 352 g/mol. The van der Waals surface area contributed by atoms with Crippen molar-refractivity contribution in [3.05, 3.63) is 60.2 Å². The molecule has 0 aromatic heterocycles. The lowest BCUT2D eigenvalue weighted by molar-refractivity contribution is -0.144. The number of nitrogens with zero attached hydrogens (tertiary/aromatic N) is 2. The largest absolute Gasteiger partial charge is 0.376 e. The fraction of sp³-hybridized carbons (Fsp3) is 0.250. The van der Waals surface area contributed by atoms with Crippen molar-refractivity contribution >= 4 is 18.1 Å². The van der Waals surface area contributed by atoms with Crippen LogP contribution in [0.1, 0.15) is 10.4 Å². The summed E-state index contributed by atoms with van der Waals surface area (Å²) in [6.07, 6.45) is -1.41. The molecule has 26 heavy (non-hydrogen) atoms. The highest BCUT2D eigenvalue weighted by Gasteiger charge is 2.28. The minimum Gasteiger partial charge on any atom is -0.376 e. The number of carbonyl (C=O) groups is 3. The summed E-state index contributed by atoms with van der Waals surface area (Å²) < 4.78 is 0. The molecule has 2 aromatic rings. The van der Waals surface area contributed by atoms with E-state index in [9.17, 15) is 19.5 Å². The minimum atomic E-state index is -1.62. The molecule has 0 unspecified atom stereocenters. The van der Waals surface area contributed by atoms with Gasteiger partial charge in [0.25, 0.3) is 11.8 Å². The molecular weight excluding hydrogens is 332 g/mol. The molecule has 0 radical (unpaired) electrons. The second kappa shape index (κ2) is 7.93. The van der Waals surface area contributed by atoms with Crippen molar-refractivity contribution in [2.45, 2.75) is 6.10 Å². The molecule has 1 atom stereocenters. The maximum absolute atomic E-state index is 12.6. The van der Waals surface area contributed by atoms with Crippen LogP contribution in [-0.4, -0.2) is 65.3 Å². The number of rotatable bonds is 4. The summed E-state index contributed by atoms with van der Waals surface area (Å²) in [5, 5.41) is 9.31. The zero-order chi connectivity index (χ0) is 18.5. The van der Waals surface area contributed by atoms with Gasteiger partial charge in [-0.25, -0.2) is 0 Å². The summed E-state index contributed by atoms with van der Waals surface area (Å²) in [4.78, 5) is 38.0. The first kappa shape index (κ1) is 17.8. The number of aldehydes is 1. The number of hydrogen-bond acceptors (Lipinski definition) is 4. The summed E-state index contributed by atoms with van der Waals surface area (Å²) in [5.74, 6) is -0.702. The first-order valence-corrected chi connectivity index (χ1v) is 8.47. The molecule has 0 saturated carbocycles. The van der Waals surface area contributed by atoms with Crippen molar-refractivity contribution in [2.75, 3.05) is 26.2 Å². The standard InChI is InChI=1S/C20H20N2O4/c23-14-18(24)20(26)22-12-10-21(11-13-22)19(25)17-8-6-16(7-9-17)15-4-2-1-3-5-15/h1-9,14,18,24H,10-13H2/t18-/m0/s1. The molecule has 134 valence electrons. The number of aliphatic hydroxyl groups is 1. The van der Waals surface area contributed by atoms with Crippen LogP contribution in [0.15, 0.2) is 54.6 Å². The van der Waals surface area contributed by atoms with Crippen molar-refractivity contribution < 1.29 is 19.5 Å². The third-order valence-corrected chi connectivity index (χ3v) is 4.50. The van der Waals surface area contributed by atoms with E-state index >= 15 is 0 Å². The highest BCUT2D eigenvalue weighted by molar-refractivity contribution is 5.96. The molecular formula is C20H20N2O4. The van der Waals surface area contributed by atoms with E-state index < -0.39 is 12.0 Å². The molecule has 1 fully saturated rings. The smallest absolute Gasteiger partial charge is 0.258 e. The quantitative estimate of drug-likeness (QED) is 0.662. The predicted molar refractivity (Wildman–Crippen MR) is 96.4 cm³/mol. The van der Waals surface area contributed by atoms with E-state index in [-0.39, 0.29) is 12.2 Å². The Balaban J connectivity index is 1.62. The highest BCUT2D eigenvalue weighted by atomic mass is 16.3. The summed E-state index contributed by atoms with van der Waals surface area (Å²) in [6.45, 7) is 1.35. The third-order valence-electron chi connectivity index (χ3n) is 4.50. The Kier molecular flexibility index (Phi) is 5.43. The van der Waals surface area contributed by atoms with Gasteiger partial charge in [0.2, 0.25) is 0 Å². The van der Waals surface area contributed by atoms with E-state index in [1.165, 1.54) is 4.90 Å². The maximum Gasteiger partial charge on any atom is 0.258 e. The molecule has 1 aliphatic rings. The Morgan fingerprint density at radius 2 is 1.38 bits per heavy atom. The van der Waals surface area contributed by atoms with Crippen LogP contribution >= 0.6 is 0 Å². The van der Waals surface area contributed by atoms with Gasteiger partial charge in [-0.1, -0.05) is 42.5 Å². The first-order chi connectivity index (χ1) is 12.6. The lowest BCUT2D eigenvalue weighted by Crippen LogP contribution is -2.53. The van der Waals surface area contributed by atoms with Gasteiger partial charge >= 0.3 is 0 Å². The van der Waals surface area contributed by atoms with Crippen LogP contribution in [0.2, 0.25) is 0 Å². The van der Waals surface area contributed by atoms with E-state index in [0.717, 1.165) is 11.1 Å². The van der Waals surface area contributed by atoms with E-state index in [1.807, 2.05) is 42.5 Å². The molecule has 0 bridgehead atoms. The van der Waals surface area contributed by atoms with Gasteiger partial charge in [-0.2, -0.15) is 0 Å². The van der Waals surface area contributed by atoms with E-state index in [0.29, 0.717) is 31.7 Å². The molecule has 1 saturated heterocycles. The van der Waals surface area contributed by atoms with Gasteiger partial charge in [0.15, 0.2) is 12.4 Å². The zero-order valence-corrected chi connectivity index (χ0v) is 14.2. The normalized spacial score (nSPS) is 15.4. The second-order valence-electron chi connectivity index (χ2n) is 6.14. The predicted octanol–water partition coefficient (Wildman–Crippen LogP) is 1.20. The Morgan fingerprint density at radius 3 is 1.96 bits per heavy atom. The van der Waals surface area contributed by atoms with E-state index in [4.69, 9.17) is 0 Å². The SMILES string of the molecule is O=C[C@H](O)C(=O)N1CCN(C(=O)c2ccc(-c3ccccc3)cc2)CC1. The van der Waals surface area contributed by atoms with Crippen molar-refractivity contribution in [1.29, 1.82) is 0 Å². The van der Waals surface area contributed by atoms with Crippen LogP contribution in [0.25, 0.3) is 11.1 Å². The molecule has 3 rings (SSSR count). The fourth-order valence-corrected chi connectivity index (χ4v) is 2.99. The van der Waals surface area contributed by atoms with Gasteiger partial charge < -0.3 is 14.9 Å². The Labute approximate surface area is 151 Å². The van der Waals surface area contributed by atoms with Crippen molar-refractivity contribution in [2.24, 2.45) is 0 Å². The van der Waals surface area contributed by atoms with Gasteiger partial charge in [-0.15, -0.1) is 0 Å². The summed E-state index contributed by atoms with van der Waals surface area (Å²) in [6, 6.07) is 17.4. The lowest BCUT2D eigenvalue weighted by atomic mass is 10.0. The summed E-state index contributed by atoms with van der Waals surface area (Å²) in [5.41, 5.74) is 2.73. The second-order valence-corrected chi connectivity index (χ2v) is 6.14. The van der Waals surface area contributed by atoms with Crippen LogP contribution in [0.5, 0.6) is 0 Å². The number of piperazine rings is 1. The van der Waals surface area contributed by atoms with Gasteiger partial charge in [0, 0.05) is 31.7 Å². The van der Waals surface area contributed by atoms with Crippen LogP contribution in [0.4, 0.5) is 0 Å². The van der Waals surface area contributed by atoms with Gasteiger partial charge in [0.1, 0.15) is 0 Å². The number of carbonyl (C=O) groups excluding carboxylic acids is 3. The van der Waals surface area contributed by atoms with Crippen LogP contribution < -0.4 is 0 Å². The third kappa shape index (κ3) is 3.81. The Morgan fingerprint density at radius 1 is 0.846 bits per heavy atom. The number of benzene rings is 2. The highest BCUT2D eigenvalue weighted by Crippen LogP contribution is 2.20. The van der Waals surface area contributed by atoms with Crippen molar-refractivity contribution in [3.63, 3.8) is 0 Å². The maximum atomic E-state index is 12.6. The number of amides is 2. The number of aliphatic hydroxyl groups excluding tert-OH is 1. The first-order valence-electron chi connectivity index (χ1n) is 8.47. The van der Waals surface area contributed by atoms with Crippen molar-refractivity contribution in [1.82, 2.24) is 9.80 Å². The van der Waals surface area contributed by atoms with Crippen LogP contribution in [-0.2, 0) is 9.59 Å². The molecule has 0 spiro atoms. The topological polar surface area (TPSA) is 77.9 Å². The molecule has 6 nitrogen and oxygen atoms in total. The molecule has 6 heteroatoms.